The summed E-state index contributed by atoms with van der Waals surface area (Å²) in [5, 5.41) is 4.63. The van der Waals surface area contributed by atoms with Crippen molar-refractivity contribution in [2.45, 2.75) is 59.3 Å². The molecule has 0 saturated heterocycles. The Balaban J connectivity index is 2.28. The smallest absolute Gasteiger partial charge is 0.0838 e. The zero-order valence-electron chi connectivity index (χ0n) is 10.4. The van der Waals surface area contributed by atoms with Gasteiger partial charge >= 0.3 is 0 Å². The van der Waals surface area contributed by atoms with Crippen LogP contribution in [0.2, 0.25) is 0 Å². The van der Waals surface area contributed by atoms with Crippen molar-refractivity contribution in [1.29, 1.82) is 0 Å². The minimum absolute atomic E-state index is 0.226. The van der Waals surface area contributed by atoms with Crippen molar-refractivity contribution in [2.75, 3.05) is 0 Å². The fourth-order valence-electron chi connectivity index (χ4n) is 2.40. The molecule has 0 bridgehead atoms. The molecule has 0 unspecified atom stereocenters. The van der Waals surface area contributed by atoms with Gasteiger partial charge in [-0.15, -0.1) is 0 Å². The Morgan fingerprint density at radius 2 is 2.13 bits per heavy atom. The van der Waals surface area contributed by atoms with Gasteiger partial charge < -0.3 is 0 Å². The first-order valence-electron chi connectivity index (χ1n) is 5.76. The molecule has 2 heterocycles. The molecule has 3 heteroatoms. The first kappa shape index (κ1) is 10.7. The third-order valence-electron chi connectivity index (χ3n) is 3.26. The van der Waals surface area contributed by atoms with E-state index in [-0.39, 0.29) is 5.54 Å². The van der Waals surface area contributed by atoms with Gasteiger partial charge in [-0.2, -0.15) is 5.10 Å². The highest BCUT2D eigenvalue weighted by atomic mass is 15.3. The van der Waals surface area contributed by atoms with Crippen LogP contribution in [0.3, 0.4) is 0 Å². The number of fused-ring (bicyclic) bond motifs is 1. The molecule has 3 nitrogen and oxygen atoms in total. The summed E-state index contributed by atoms with van der Waals surface area (Å²) >= 11 is 0. The van der Waals surface area contributed by atoms with Gasteiger partial charge in [0.15, 0.2) is 0 Å². The van der Waals surface area contributed by atoms with Crippen LogP contribution in [0.5, 0.6) is 0 Å². The number of nitrogens with zero attached hydrogens (tertiary/aromatic N) is 3. The summed E-state index contributed by atoms with van der Waals surface area (Å²) in [5.74, 6) is 0. The Morgan fingerprint density at radius 3 is 2.60 bits per heavy atom. The fraction of sp³-hybridized carbons (Fsp3) is 0.750. The topological polar surface area (TPSA) is 21.1 Å². The summed E-state index contributed by atoms with van der Waals surface area (Å²) < 4.78 is 2.04. The molecule has 0 saturated carbocycles. The summed E-state index contributed by atoms with van der Waals surface area (Å²) in [6.07, 6.45) is 2.19. The summed E-state index contributed by atoms with van der Waals surface area (Å²) in [7, 11) is 0. The molecule has 84 valence electrons. The van der Waals surface area contributed by atoms with Crippen LogP contribution < -0.4 is 0 Å². The molecular weight excluding hydrogens is 186 g/mol. The lowest BCUT2D eigenvalue weighted by atomic mass is 10.1. The molecule has 0 aromatic carbocycles. The van der Waals surface area contributed by atoms with Gasteiger partial charge in [-0.1, -0.05) is 0 Å². The predicted octanol–water partition coefficient (Wildman–Crippen LogP) is 2.58. The van der Waals surface area contributed by atoms with Crippen molar-refractivity contribution in [1.82, 2.24) is 14.7 Å². The summed E-state index contributed by atoms with van der Waals surface area (Å²) in [4.78, 5) is 2.50. The third kappa shape index (κ3) is 1.69. The third-order valence-corrected chi connectivity index (χ3v) is 3.26. The van der Waals surface area contributed by atoms with E-state index in [1.807, 2.05) is 4.68 Å². The monoisotopic (exact) mass is 207 g/mol. The maximum atomic E-state index is 4.63. The Hall–Kier alpha value is -0.830. The zero-order chi connectivity index (χ0) is 11.2. The molecule has 0 fully saturated rings. The van der Waals surface area contributed by atoms with E-state index in [0.717, 1.165) is 13.1 Å². The van der Waals surface area contributed by atoms with E-state index in [0.29, 0.717) is 6.04 Å². The van der Waals surface area contributed by atoms with E-state index in [1.165, 1.54) is 11.3 Å². The summed E-state index contributed by atoms with van der Waals surface area (Å²) in [6, 6.07) is 0.452. The SMILES string of the molecule is CCn1cc2c(n1)[C@@H](C)N(C(C)(C)C)C2. The second-order valence-corrected chi connectivity index (χ2v) is 5.37. The lowest BCUT2D eigenvalue weighted by Crippen LogP contribution is -2.39. The second-order valence-electron chi connectivity index (χ2n) is 5.37. The molecule has 1 aliphatic rings. The van der Waals surface area contributed by atoms with E-state index in [4.69, 9.17) is 0 Å². The molecule has 1 aliphatic heterocycles. The highest BCUT2D eigenvalue weighted by Crippen LogP contribution is 2.37. The molecule has 15 heavy (non-hydrogen) atoms. The van der Waals surface area contributed by atoms with Gasteiger partial charge in [-0.3, -0.25) is 9.58 Å². The van der Waals surface area contributed by atoms with Gasteiger partial charge in [0, 0.05) is 30.4 Å². The van der Waals surface area contributed by atoms with Crippen LogP contribution in [-0.4, -0.2) is 20.2 Å². The molecule has 0 amide bonds. The number of rotatable bonds is 1. The maximum absolute atomic E-state index is 4.63. The normalized spacial score (nSPS) is 22.1. The summed E-state index contributed by atoms with van der Waals surface area (Å²) in [5.41, 5.74) is 2.90. The zero-order valence-corrected chi connectivity index (χ0v) is 10.4. The van der Waals surface area contributed by atoms with Crippen molar-refractivity contribution >= 4 is 0 Å². The van der Waals surface area contributed by atoms with Crippen molar-refractivity contribution in [3.63, 3.8) is 0 Å². The molecule has 2 rings (SSSR count). The first-order valence-corrected chi connectivity index (χ1v) is 5.76. The number of hydrogen-bond donors (Lipinski definition) is 0. The van der Waals surface area contributed by atoms with E-state index in [1.54, 1.807) is 0 Å². The minimum atomic E-state index is 0.226. The van der Waals surface area contributed by atoms with Crippen LogP contribution in [0.4, 0.5) is 0 Å². The van der Waals surface area contributed by atoms with E-state index in [9.17, 15) is 0 Å². The average molecular weight is 207 g/mol. The van der Waals surface area contributed by atoms with Gasteiger partial charge in [0.2, 0.25) is 0 Å². The maximum Gasteiger partial charge on any atom is 0.0838 e. The number of aryl methyl sites for hydroxylation is 1. The standard InChI is InChI=1S/C12H21N3/c1-6-14-7-10-8-15(12(3,4)5)9(2)11(10)13-14/h7,9H,6,8H2,1-5H3/t9-/m1/s1. The molecule has 0 N–H and O–H groups in total. The van der Waals surface area contributed by atoms with Gasteiger partial charge in [0.05, 0.1) is 11.7 Å². The molecule has 0 spiro atoms. The van der Waals surface area contributed by atoms with Gasteiger partial charge in [0.1, 0.15) is 0 Å². The van der Waals surface area contributed by atoms with Crippen molar-refractivity contribution in [2.24, 2.45) is 0 Å². The number of hydrogen-bond acceptors (Lipinski definition) is 2. The first-order chi connectivity index (χ1) is 6.93. The Labute approximate surface area is 92.1 Å². The van der Waals surface area contributed by atoms with Crippen molar-refractivity contribution in [3.05, 3.63) is 17.5 Å². The quantitative estimate of drug-likeness (QED) is 0.705. The van der Waals surface area contributed by atoms with Crippen molar-refractivity contribution in [3.8, 4) is 0 Å². The Bertz CT molecular complexity index is 359. The van der Waals surface area contributed by atoms with Crippen LogP contribution >= 0.6 is 0 Å². The highest BCUT2D eigenvalue weighted by Gasteiger charge is 2.36. The predicted molar refractivity (Wildman–Crippen MR) is 61.6 cm³/mol. The van der Waals surface area contributed by atoms with E-state index >= 15 is 0 Å². The fourth-order valence-corrected chi connectivity index (χ4v) is 2.40. The van der Waals surface area contributed by atoms with Crippen LogP contribution in [0.25, 0.3) is 0 Å². The molecule has 1 atom stereocenters. The molecular formula is C12H21N3. The van der Waals surface area contributed by atoms with Crippen LogP contribution in [0.15, 0.2) is 6.20 Å². The summed E-state index contributed by atoms with van der Waals surface area (Å²) in [6.45, 7) is 13.2. The molecule has 0 aliphatic carbocycles. The number of aromatic nitrogens is 2. The minimum Gasteiger partial charge on any atom is -0.286 e. The molecule has 0 radical (unpaired) electrons. The van der Waals surface area contributed by atoms with Crippen molar-refractivity contribution < 1.29 is 0 Å². The lowest BCUT2D eigenvalue weighted by Gasteiger charge is -2.35. The van der Waals surface area contributed by atoms with Crippen LogP contribution in [0, 0.1) is 0 Å². The van der Waals surface area contributed by atoms with Crippen LogP contribution in [-0.2, 0) is 13.1 Å². The van der Waals surface area contributed by atoms with Gasteiger partial charge in [-0.25, -0.2) is 0 Å². The Morgan fingerprint density at radius 1 is 1.47 bits per heavy atom. The average Bonchev–Trinajstić information content (AvgIpc) is 2.64. The lowest BCUT2D eigenvalue weighted by molar-refractivity contribution is 0.0972. The Kier molecular flexibility index (Phi) is 2.38. The second kappa shape index (κ2) is 3.34. The van der Waals surface area contributed by atoms with E-state index < -0.39 is 0 Å². The molecule has 1 aromatic rings. The van der Waals surface area contributed by atoms with Gasteiger partial charge in [-0.05, 0) is 34.6 Å². The van der Waals surface area contributed by atoms with Gasteiger partial charge in [0.25, 0.3) is 0 Å². The largest absolute Gasteiger partial charge is 0.286 e. The van der Waals surface area contributed by atoms with E-state index in [2.05, 4.69) is 50.8 Å². The van der Waals surface area contributed by atoms with Crippen LogP contribution in [0.1, 0.15) is 51.9 Å². The molecule has 1 aromatic heterocycles. The highest BCUT2D eigenvalue weighted by molar-refractivity contribution is 5.26.